The van der Waals surface area contributed by atoms with Crippen LogP contribution in [0.1, 0.15) is 21.9 Å². The molecule has 38 heavy (non-hydrogen) atoms. The van der Waals surface area contributed by atoms with Crippen LogP contribution in [-0.4, -0.2) is 29.9 Å². The van der Waals surface area contributed by atoms with E-state index in [1.165, 1.54) is 4.68 Å². The van der Waals surface area contributed by atoms with Crippen LogP contribution in [0.4, 0.5) is 18.9 Å². The van der Waals surface area contributed by atoms with Crippen LogP contribution < -0.4 is 10.9 Å². The van der Waals surface area contributed by atoms with Gasteiger partial charge >= 0.3 is 6.18 Å². The summed E-state index contributed by atoms with van der Waals surface area (Å²) in [5.41, 5.74) is -1.23. The van der Waals surface area contributed by atoms with Gasteiger partial charge in [0.25, 0.3) is 11.5 Å². The van der Waals surface area contributed by atoms with Crippen molar-refractivity contribution in [1.29, 1.82) is 0 Å². The lowest BCUT2D eigenvalue weighted by atomic mass is 10.1. The van der Waals surface area contributed by atoms with Gasteiger partial charge in [0.1, 0.15) is 10.7 Å². The van der Waals surface area contributed by atoms with E-state index in [-0.39, 0.29) is 22.1 Å². The number of alkyl halides is 3. The Balaban J connectivity index is 1.60. The van der Waals surface area contributed by atoms with Crippen LogP contribution in [0.5, 0.6) is 0 Å². The number of rotatable bonds is 4. The van der Waals surface area contributed by atoms with Gasteiger partial charge in [-0.3, -0.25) is 14.3 Å². The largest absolute Gasteiger partial charge is 0.433 e. The summed E-state index contributed by atoms with van der Waals surface area (Å²) < 4.78 is 46.1. The molecule has 13 heteroatoms. The number of benzene rings is 2. The number of hydrogen-bond acceptors (Lipinski definition) is 4. The lowest BCUT2D eigenvalue weighted by Gasteiger charge is -2.11. The van der Waals surface area contributed by atoms with E-state index in [9.17, 15) is 22.8 Å². The molecule has 0 fully saturated rings. The molecule has 0 aliphatic carbocycles. The highest BCUT2D eigenvalue weighted by molar-refractivity contribution is 9.10. The van der Waals surface area contributed by atoms with Crippen LogP contribution >= 0.6 is 27.5 Å². The molecule has 1 amide bonds. The molecule has 0 atom stereocenters. The lowest BCUT2D eigenvalue weighted by Crippen LogP contribution is -2.23. The second kappa shape index (κ2) is 9.44. The summed E-state index contributed by atoms with van der Waals surface area (Å²) in [6.45, 7) is 1.62. The number of halogens is 5. The molecule has 0 aliphatic rings. The Morgan fingerprint density at radius 1 is 1.08 bits per heavy atom. The fourth-order valence-electron chi connectivity index (χ4n) is 3.99. The molecule has 0 radical (unpaired) electrons. The van der Waals surface area contributed by atoms with Gasteiger partial charge in [-0.1, -0.05) is 57.9 Å². The summed E-state index contributed by atoms with van der Waals surface area (Å²) in [4.78, 5) is 30.6. The highest BCUT2D eigenvalue weighted by Crippen LogP contribution is 2.35. The summed E-state index contributed by atoms with van der Waals surface area (Å²) >= 11 is 9.65. The second-order valence-corrected chi connectivity index (χ2v) is 9.61. The SMILES string of the molecule is Cc1c(NC(=O)c2nn3c(C(F)(F)F)cc(-c4ccc(Br)cc4)nc3c2Cl)c(=O)n(-c2ccccc2)n1C. The number of fused-ring (bicyclic) bond motifs is 1. The fourth-order valence-corrected chi connectivity index (χ4v) is 4.50. The van der Waals surface area contributed by atoms with Crippen LogP contribution in [0.15, 0.2) is 69.9 Å². The van der Waals surface area contributed by atoms with Gasteiger partial charge in [-0.05, 0) is 37.3 Å². The van der Waals surface area contributed by atoms with E-state index in [0.717, 1.165) is 10.5 Å². The number of carbonyl (C=O) groups excluding carboxylic acids is 1. The Morgan fingerprint density at radius 2 is 1.74 bits per heavy atom. The maximum absolute atomic E-state index is 14.0. The normalized spacial score (nSPS) is 11.8. The minimum absolute atomic E-state index is 0.00395. The number of para-hydroxylation sites is 1. The molecule has 0 unspecified atom stereocenters. The van der Waals surface area contributed by atoms with Crippen molar-refractivity contribution in [2.24, 2.45) is 7.05 Å². The standard InChI is InChI=1S/C25H17BrClF3N6O2/c1-13-20(24(38)36(34(13)2)16-6-4-3-5-7-16)32-23(37)21-19(27)22-31-17(14-8-10-15(26)11-9-14)12-18(25(28,29)30)35(22)33-21/h3-12H,1-2H3,(H,32,37). The highest BCUT2D eigenvalue weighted by Gasteiger charge is 2.37. The summed E-state index contributed by atoms with van der Waals surface area (Å²) in [5.74, 6) is -0.954. The molecule has 0 saturated heterocycles. The minimum Gasteiger partial charge on any atom is -0.314 e. The van der Waals surface area contributed by atoms with E-state index >= 15 is 0 Å². The van der Waals surface area contributed by atoms with Gasteiger partial charge in [0.15, 0.2) is 17.0 Å². The molecule has 0 saturated carbocycles. The van der Waals surface area contributed by atoms with Crippen molar-refractivity contribution in [3.8, 4) is 16.9 Å². The molecule has 0 spiro atoms. The van der Waals surface area contributed by atoms with E-state index in [2.05, 4.69) is 31.3 Å². The lowest BCUT2D eigenvalue weighted by molar-refractivity contribution is -0.142. The monoisotopic (exact) mass is 604 g/mol. The number of nitrogens with one attached hydrogen (secondary N) is 1. The molecule has 3 heterocycles. The topological polar surface area (TPSA) is 86.2 Å². The Labute approximate surface area is 226 Å². The maximum Gasteiger partial charge on any atom is 0.433 e. The molecule has 194 valence electrons. The van der Waals surface area contributed by atoms with Crippen LogP contribution in [0.25, 0.3) is 22.6 Å². The summed E-state index contributed by atoms with van der Waals surface area (Å²) in [6.07, 6.45) is -4.83. The molecule has 3 aromatic heterocycles. The van der Waals surface area contributed by atoms with Gasteiger partial charge < -0.3 is 5.32 Å². The van der Waals surface area contributed by atoms with Crippen molar-refractivity contribution in [1.82, 2.24) is 24.0 Å². The van der Waals surface area contributed by atoms with Gasteiger partial charge in [-0.2, -0.15) is 18.3 Å². The van der Waals surface area contributed by atoms with Gasteiger partial charge in [-0.15, -0.1) is 0 Å². The summed E-state index contributed by atoms with van der Waals surface area (Å²) in [6, 6.07) is 16.1. The number of aromatic nitrogens is 5. The average molecular weight is 606 g/mol. The van der Waals surface area contributed by atoms with E-state index < -0.39 is 29.0 Å². The van der Waals surface area contributed by atoms with Crippen LogP contribution in [0.2, 0.25) is 5.02 Å². The third-order valence-corrected chi connectivity index (χ3v) is 6.85. The predicted molar refractivity (Wildman–Crippen MR) is 140 cm³/mol. The Kier molecular flexibility index (Phi) is 6.40. The van der Waals surface area contributed by atoms with Gasteiger partial charge in [-0.25, -0.2) is 14.2 Å². The Morgan fingerprint density at radius 3 is 2.37 bits per heavy atom. The van der Waals surface area contributed by atoms with Crippen LogP contribution in [-0.2, 0) is 13.2 Å². The average Bonchev–Trinajstić information content (AvgIpc) is 3.32. The van der Waals surface area contributed by atoms with Crippen molar-refractivity contribution in [2.45, 2.75) is 13.1 Å². The molecule has 8 nitrogen and oxygen atoms in total. The van der Waals surface area contributed by atoms with Crippen LogP contribution in [0, 0.1) is 6.92 Å². The zero-order valence-corrected chi connectivity index (χ0v) is 22.1. The maximum atomic E-state index is 14.0. The van der Waals surface area contributed by atoms with Crippen molar-refractivity contribution in [3.63, 3.8) is 0 Å². The highest BCUT2D eigenvalue weighted by atomic mass is 79.9. The van der Waals surface area contributed by atoms with Gasteiger partial charge in [0, 0.05) is 17.1 Å². The van der Waals surface area contributed by atoms with Gasteiger partial charge in [0.05, 0.1) is 17.1 Å². The first kappa shape index (κ1) is 25.7. The first-order chi connectivity index (χ1) is 18.0. The van der Waals surface area contributed by atoms with Crippen molar-refractivity contribution < 1.29 is 18.0 Å². The molecular formula is C25H17BrClF3N6O2. The van der Waals surface area contributed by atoms with E-state index in [1.807, 2.05) is 0 Å². The number of carbonyl (C=O) groups is 1. The molecule has 2 aromatic carbocycles. The quantitative estimate of drug-likeness (QED) is 0.277. The number of nitrogens with zero attached hydrogens (tertiary/aromatic N) is 5. The number of hydrogen-bond donors (Lipinski definition) is 1. The smallest absolute Gasteiger partial charge is 0.314 e. The zero-order chi connectivity index (χ0) is 27.4. The molecule has 5 aromatic rings. The Bertz CT molecular complexity index is 1760. The van der Waals surface area contributed by atoms with Crippen LogP contribution in [0.3, 0.4) is 0 Å². The third-order valence-electron chi connectivity index (χ3n) is 5.97. The molecular weight excluding hydrogens is 589 g/mol. The molecule has 5 rings (SSSR count). The minimum atomic E-state index is -4.83. The Hall–Kier alpha value is -3.90. The van der Waals surface area contributed by atoms with Crippen molar-refractivity contribution in [3.05, 3.63) is 97.6 Å². The first-order valence-corrected chi connectivity index (χ1v) is 12.2. The predicted octanol–water partition coefficient (Wildman–Crippen LogP) is 5.88. The number of anilines is 1. The molecule has 0 aliphatic heterocycles. The van der Waals surface area contributed by atoms with Crippen molar-refractivity contribution in [2.75, 3.05) is 5.32 Å². The van der Waals surface area contributed by atoms with E-state index in [1.54, 1.807) is 73.3 Å². The zero-order valence-electron chi connectivity index (χ0n) is 19.7. The second-order valence-electron chi connectivity index (χ2n) is 8.32. The van der Waals surface area contributed by atoms with Gasteiger partial charge in [0.2, 0.25) is 0 Å². The summed E-state index contributed by atoms with van der Waals surface area (Å²) in [7, 11) is 1.64. The fraction of sp³-hybridized carbons (Fsp3) is 0.120. The third kappa shape index (κ3) is 4.39. The number of amides is 1. The van der Waals surface area contributed by atoms with E-state index in [0.29, 0.717) is 21.5 Å². The molecule has 0 bridgehead atoms. The molecule has 1 N–H and O–H groups in total. The summed E-state index contributed by atoms with van der Waals surface area (Å²) in [5, 5.41) is 5.92. The first-order valence-electron chi connectivity index (χ1n) is 11.0. The van der Waals surface area contributed by atoms with E-state index in [4.69, 9.17) is 11.6 Å². The van der Waals surface area contributed by atoms with Crippen molar-refractivity contribution >= 4 is 44.8 Å².